The molecule has 0 aromatic heterocycles. The van der Waals surface area contributed by atoms with Crippen LogP contribution in [0.25, 0.3) is 0 Å². The molecule has 2 N–H and O–H groups in total. The lowest BCUT2D eigenvalue weighted by Gasteiger charge is -2.08. The van der Waals surface area contributed by atoms with E-state index in [4.69, 9.17) is 11.6 Å². The molecule has 108 valence electrons. The van der Waals surface area contributed by atoms with E-state index in [1.54, 1.807) is 18.2 Å². The first-order valence-electron chi connectivity index (χ1n) is 5.93. The van der Waals surface area contributed by atoms with Crippen LogP contribution in [0.15, 0.2) is 36.4 Å². The predicted octanol–water partition coefficient (Wildman–Crippen LogP) is 3.51. The lowest BCUT2D eigenvalue weighted by molar-refractivity contribution is -0.385. The minimum atomic E-state index is -0.728. The summed E-state index contributed by atoms with van der Waals surface area (Å²) in [4.78, 5) is 21.9. The summed E-state index contributed by atoms with van der Waals surface area (Å²) >= 11 is 5.97. The molecule has 0 spiro atoms. The van der Waals surface area contributed by atoms with Crippen LogP contribution in [0.4, 0.5) is 11.4 Å². The zero-order chi connectivity index (χ0) is 15.6. The number of nitrogens with one attached hydrogen (secondary N) is 1. The van der Waals surface area contributed by atoms with E-state index in [1.807, 2.05) is 6.92 Å². The van der Waals surface area contributed by atoms with Crippen LogP contribution < -0.4 is 5.32 Å². The molecule has 0 saturated carbocycles. The number of aromatic hydroxyl groups is 1. The molecule has 0 unspecified atom stereocenters. The average molecular weight is 307 g/mol. The van der Waals surface area contributed by atoms with E-state index >= 15 is 0 Å². The van der Waals surface area contributed by atoms with Gasteiger partial charge in [-0.2, -0.15) is 0 Å². The molecule has 0 radical (unpaired) electrons. The molecule has 0 bridgehead atoms. The molecule has 0 aliphatic heterocycles. The van der Waals surface area contributed by atoms with Crippen molar-refractivity contribution in [2.45, 2.75) is 6.92 Å². The molecule has 7 heteroatoms. The van der Waals surface area contributed by atoms with Gasteiger partial charge in [0.1, 0.15) is 0 Å². The second kappa shape index (κ2) is 5.80. The monoisotopic (exact) mass is 306 g/mol. The van der Waals surface area contributed by atoms with Crippen molar-refractivity contribution in [3.05, 3.63) is 62.7 Å². The van der Waals surface area contributed by atoms with Crippen LogP contribution in [0.2, 0.25) is 5.02 Å². The maximum Gasteiger partial charge on any atom is 0.310 e. The number of rotatable bonds is 3. The van der Waals surface area contributed by atoms with Crippen molar-refractivity contribution in [1.82, 2.24) is 0 Å². The molecule has 0 heterocycles. The molecule has 0 aliphatic rings. The van der Waals surface area contributed by atoms with E-state index in [-0.39, 0.29) is 5.56 Å². The van der Waals surface area contributed by atoms with E-state index in [2.05, 4.69) is 5.32 Å². The highest BCUT2D eigenvalue weighted by atomic mass is 35.5. The topological polar surface area (TPSA) is 92.5 Å². The van der Waals surface area contributed by atoms with Gasteiger partial charge in [0.15, 0.2) is 5.75 Å². The third kappa shape index (κ3) is 3.29. The quantitative estimate of drug-likeness (QED) is 0.670. The van der Waals surface area contributed by atoms with Crippen LogP contribution in [0.3, 0.4) is 0 Å². The largest absolute Gasteiger partial charge is 0.502 e. The SMILES string of the molecule is Cc1ccc(Cl)c(NC(=O)c2ccc([N+](=O)[O-])c(O)c2)c1. The Bertz CT molecular complexity index is 731. The number of hydrogen-bond donors (Lipinski definition) is 2. The number of hydrogen-bond acceptors (Lipinski definition) is 4. The molecule has 2 rings (SSSR count). The number of carbonyl (C=O) groups excluding carboxylic acids is 1. The van der Waals surface area contributed by atoms with Crippen molar-refractivity contribution < 1.29 is 14.8 Å². The molecule has 2 aromatic carbocycles. The van der Waals surface area contributed by atoms with Crippen LogP contribution in [-0.2, 0) is 0 Å². The molecule has 1 amide bonds. The van der Waals surface area contributed by atoms with Gasteiger partial charge < -0.3 is 10.4 Å². The van der Waals surface area contributed by atoms with Crippen molar-refractivity contribution in [2.75, 3.05) is 5.32 Å². The summed E-state index contributed by atoms with van der Waals surface area (Å²) in [6.07, 6.45) is 0. The van der Waals surface area contributed by atoms with E-state index < -0.39 is 22.3 Å². The molecule has 0 fully saturated rings. The fraction of sp³-hybridized carbons (Fsp3) is 0.0714. The summed E-state index contributed by atoms with van der Waals surface area (Å²) < 4.78 is 0. The molecule has 0 aliphatic carbocycles. The lowest BCUT2D eigenvalue weighted by atomic mass is 10.1. The van der Waals surface area contributed by atoms with Crippen molar-refractivity contribution in [3.63, 3.8) is 0 Å². The number of carbonyl (C=O) groups is 1. The van der Waals surface area contributed by atoms with Gasteiger partial charge in [-0.15, -0.1) is 0 Å². The minimum absolute atomic E-state index is 0.0932. The fourth-order valence-corrected chi connectivity index (χ4v) is 1.91. The Morgan fingerprint density at radius 3 is 2.62 bits per heavy atom. The van der Waals surface area contributed by atoms with Crippen LogP contribution in [0, 0.1) is 17.0 Å². The van der Waals surface area contributed by atoms with Crippen LogP contribution in [0.1, 0.15) is 15.9 Å². The Balaban J connectivity index is 2.26. The number of benzene rings is 2. The van der Waals surface area contributed by atoms with Crippen LogP contribution in [-0.4, -0.2) is 15.9 Å². The van der Waals surface area contributed by atoms with Gasteiger partial charge in [-0.25, -0.2) is 0 Å². The second-order valence-electron chi connectivity index (χ2n) is 4.40. The van der Waals surface area contributed by atoms with E-state index in [9.17, 15) is 20.0 Å². The third-order valence-electron chi connectivity index (χ3n) is 2.80. The number of aryl methyl sites for hydroxylation is 1. The first-order chi connectivity index (χ1) is 9.88. The normalized spacial score (nSPS) is 10.2. The number of nitro groups is 1. The van der Waals surface area contributed by atoms with Crippen molar-refractivity contribution in [1.29, 1.82) is 0 Å². The maximum atomic E-state index is 12.1. The average Bonchev–Trinajstić information content (AvgIpc) is 2.42. The molecular formula is C14H11ClN2O4. The van der Waals surface area contributed by atoms with Gasteiger partial charge in [-0.05, 0) is 36.8 Å². The van der Waals surface area contributed by atoms with Crippen molar-refractivity contribution in [3.8, 4) is 5.75 Å². The summed E-state index contributed by atoms with van der Waals surface area (Å²) in [7, 11) is 0. The van der Waals surface area contributed by atoms with Crippen LogP contribution >= 0.6 is 11.6 Å². The molecular weight excluding hydrogens is 296 g/mol. The van der Waals surface area contributed by atoms with Gasteiger partial charge in [0.25, 0.3) is 5.91 Å². The number of halogens is 1. The summed E-state index contributed by atoms with van der Waals surface area (Å²) in [5.74, 6) is -1.09. The molecule has 0 atom stereocenters. The Morgan fingerprint density at radius 1 is 1.29 bits per heavy atom. The summed E-state index contributed by atoms with van der Waals surface area (Å²) in [6, 6.07) is 8.52. The number of nitro benzene ring substituents is 1. The van der Waals surface area contributed by atoms with Gasteiger partial charge in [0, 0.05) is 11.6 Å². The Morgan fingerprint density at radius 2 is 2.00 bits per heavy atom. The highest BCUT2D eigenvalue weighted by Gasteiger charge is 2.16. The standard InChI is InChI=1S/C14H11ClN2O4/c1-8-2-4-10(15)11(6-8)16-14(19)9-3-5-12(17(20)21)13(18)7-9/h2-7,18H,1H3,(H,16,19). The van der Waals surface area contributed by atoms with E-state index in [1.165, 1.54) is 6.07 Å². The summed E-state index contributed by atoms with van der Waals surface area (Å²) in [5.41, 5.74) is 0.983. The van der Waals surface area contributed by atoms with E-state index in [0.717, 1.165) is 17.7 Å². The van der Waals surface area contributed by atoms with Gasteiger partial charge in [0.05, 0.1) is 15.6 Å². The Kier molecular flexibility index (Phi) is 4.09. The Labute approximate surface area is 125 Å². The van der Waals surface area contributed by atoms with Gasteiger partial charge in [-0.3, -0.25) is 14.9 Å². The first-order valence-corrected chi connectivity index (χ1v) is 6.31. The zero-order valence-corrected chi connectivity index (χ0v) is 11.7. The van der Waals surface area contributed by atoms with Gasteiger partial charge in [-0.1, -0.05) is 17.7 Å². The molecule has 2 aromatic rings. The van der Waals surface area contributed by atoms with E-state index in [0.29, 0.717) is 10.7 Å². The van der Waals surface area contributed by atoms with Crippen molar-refractivity contribution in [2.24, 2.45) is 0 Å². The lowest BCUT2D eigenvalue weighted by Crippen LogP contribution is -2.12. The first kappa shape index (κ1) is 14.8. The molecule has 6 nitrogen and oxygen atoms in total. The second-order valence-corrected chi connectivity index (χ2v) is 4.81. The number of nitrogens with zero attached hydrogens (tertiary/aromatic N) is 1. The Hall–Kier alpha value is -2.60. The fourth-order valence-electron chi connectivity index (χ4n) is 1.75. The molecule has 0 saturated heterocycles. The zero-order valence-electron chi connectivity index (χ0n) is 11.0. The minimum Gasteiger partial charge on any atom is -0.502 e. The van der Waals surface area contributed by atoms with Gasteiger partial charge >= 0.3 is 5.69 Å². The van der Waals surface area contributed by atoms with Gasteiger partial charge in [0.2, 0.25) is 0 Å². The number of anilines is 1. The molecule has 21 heavy (non-hydrogen) atoms. The highest BCUT2D eigenvalue weighted by Crippen LogP contribution is 2.27. The smallest absolute Gasteiger partial charge is 0.310 e. The summed E-state index contributed by atoms with van der Waals surface area (Å²) in [6.45, 7) is 1.85. The number of phenols is 1. The number of amides is 1. The highest BCUT2D eigenvalue weighted by molar-refractivity contribution is 6.34. The predicted molar refractivity (Wildman–Crippen MR) is 78.9 cm³/mol. The summed E-state index contributed by atoms with van der Waals surface area (Å²) in [5, 5.41) is 23.1. The maximum absolute atomic E-state index is 12.1. The third-order valence-corrected chi connectivity index (χ3v) is 3.13. The van der Waals surface area contributed by atoms with Crippen LogP contribution in [0.5, 0.6) is 5.75 Å². The number of phenolic OH excluding ortho intramolecular Hbond substituents is 1. The van der Waals surface area contributed by atoms with Crippen molar-refractivity contribution >= 4 is 28.9 Å².